The summed E-state index contributed by atoms with van der Waals surface area (Å²) >= 11 is 7.73. The molecule has 0 atom stereocenters. The van der Waals surface area contributed by atoms with E-state index in [0.29, 0.717) is 16.0 Å². The highest BCUT2D eigenvalue weighted by atomic mass is 35.5. The largest absolute Gasteiger partial charge is 0.325 e. The molecule has 0 aliphatic heterocycles. The van der Waals surface area contributed by atoms with Gasteiger partial charge < -0.3 is 5.32 Å². The maximum absolute atomic E-state index is 12.7. The molecule has 2 aromatic heterocycles. The van der Waals surface area contributed by atoms with Gasteiger partial charge in [0.25, 0.3) is 0 Å². The van der Waals surface area contributed by atoms with Gasteiger partial charge in [0.15, 0.2) is 11.0 Å². The van der Waals surface area contributed by atoms with Crippen molar-refractivity contribution in [3.05, 3.63) is 83.1 Å². The van der Waals surface area contributed by atoms with Crippen LogP contribution in [0.1, 0.15) is 31.9 Å². The molecule has 2 aromatic carbocycles. The number of thioether (sulfide) groups is 1. The number of anilines is 1. The van der Waals surface area contributed by atoms with E-state index in [4.69, 9.17) is 11.6 Å². The molecule has 0 saturated carbocycles. The molecule has 0 unspecified atom stereocenters. The average molecular weight is 492 g/mol. The van der Waals surface area contributed by atoms with Crippen molar-refractivity contribution >= 4 is 35.0 Å². The summed E-state index contributed by atoms with van der Waals surface area (Å²) in [5.41, 5.74) is 4.69. The van der Waals surface area contributed by atoms with Crippen molar-refractivity contribution in [3.8, 4) is 17.1 Å². The molecule has 1 amide bonds. The summed E-state index contributed by atoms with van der Waals surface area (Å²) in [4.78, 5) is 16.8. The molecule has 4 rings (SSSR count). The molecule has 0 aliphatic carbocycles. The number of nitrogens with one attached hydrogen (secondary N) is 1. The highest BCUT2D eigenvalue weighted by molar-refractivity contribution is 7.99. The van der Waals surface area contributed by atoms with Crippen molar-refractivity contribution in [1.29, 1.82) is 0 Å². The minimum absolute atomic E-state index is 0.0630. The zero-order valence-electron chi connectivity index (χ0n) is 19.5. The van der Waals surface area contributed by atoms with Crippen LogP contribution < -0.4 is 5.32 Å². The lowest BCUT2D eigenvalue weighted by Gasteiger charge is -2.19. The second-order valence-electron chi connectivity index (χ2n) is 8.93. The van der Waals surface area contributed by atoms with Crippen molar-refractivity contribution in [1.82, 2.24) is 19.7 Å². The number of rotatable bonds is 6. The number of hydrogen-bond donors (Lipinski definition) is 1. The van der Waals surface area contributed by atoms with E-state index < -0.39 is 0 Å². The van der Waals surface area contributed by atoms with Crippen molar-refractivity contribution in [2.45, 2.75) is 38.3 Å². The lowest BCUT2D eigenvalue weighted by Crippen LogP contribution is -2.15. The van der Waals surface area contributed by atoms with E-state index in [2.05, 4.69) is 41.3 Å². The quantitative estimate of drug-likeness (QED) is 0.319. The van der Waals surface area contributed by atoms with Crippen LogP contribution in [0.15, 0.2) is 72.1 Å². The second kappa shape index (κ2) is 9.99. The highest BCUT2D eigenvalue weighted by Gasteiger charge is 2.19. The Morgan fingerprint density at radius 3 is 2.41 bits per heavy atom. The molecule has 6 nitrogen and oxygen atoms in total. The number of benzene rings is 2. The third-order valence-electron chi connectivity index (χ3n) is 5.42. The smallest absolute Gasteiger partial charge is 0.234 e. The van der Waals surface area contributed by atoms with Crippen LogP contribution in [-0.2, 0) is 10.2 Å². The lowest BCUT2D eigenvalue weighted by molar-refractivity contribution is -0.113. The summed E-state index contributed by atoms with van der Waals surface area (Å²) in [6, 6.07) is 17.4. The van der Waals surface area contributed by atoms with Crippen molar-refractivity contribution < 1.29 is 4.79 Å². The Bertz CT molecular complexity index is 1300. The Morgan fingerprint density at radius 2 is 1.74 bits per heavy atom. The molecule has 1 N–H and O–H groups in total. The van der Waals surface area contributed by atoms with Crippen LogP contribution in [0.25, 0.3) is 17.1 Å². The first-order valence-corrected chi connectivity index (χ1v) is 12.2. The standard InChI is InChI=1S/C26H26ClN5OS/c1-17-21(27)6-5-7-22(17)32-24(18-12-14-28-15-13-18)30-31-25(32)34-16-23(33)29-20-10-8-19(9-11-20)26(2,3)4/h5-15H,16H2,1-4H3,(H,29,33). The van der Waals surface area contributed by atoms with E-state index in [9.17, 15) is 4.79 Å². The van der Waals surface area contributed by atoms with Crippen LogP contribution >= 0.6 is 23.4 Å². The second-order valence-corrected chi connectivity index (χ2v) is 10.3. The number of halogens is 1. The summed E-state index contributed by atoms with van der Waals surface area (Å²) in [5, 5.41) is 13.0. The summed E-state index contributed by atoms with van der Waals surface area (Å²) < 4.78 is 1.94. The van der Waals surface area contributed by atoms with Gasteiger partial charge in [-0.05, 0) is 59.9 Å². The highest BCUT2D eigenvalue weighted by Crippen LogP contribution is 2.31. The Hall–Kier alpha value is -3.16. The van der Waals surface area contributed by atoms with Gasteiger partial charge in [0, 0.05) is 28.7 Å². The maximum atomic E-state index is 12.7. The van der Waals surface area contributed by atoms with Crippen molar-refractivity contribution in [3.63, 3.8) is 0 Å². The van der Waals surface area contributed by atoms with Crippen LogP contribution in [0, 0.1) is 6.92 Å². The zero-order chi connectivity index (χ0) is 24.3. The van der Waals surface area contributed by atoms with Gasteiger partial charge in [-0.25, -0.2) is 0 Å². The first-order chi connectivity index (χ1) is 16.2. The van der Waals surface area contributed by atoms with Crippen molar-refractivity contribution in [2.75, 3.05) is 11.1 Å². The van der Waals surface area contributed by atoms with Crippen LogP contribution in [0.5, 0.6) is 0 Å². The molecule has 0 aliphatic rings. The number of pyridine rings is 1. The number of nitrogens with zero attached hydrogens (tertiary/aromatic N) is 4. The Balaban J connectivity index is 1.57. The molecule has 0 radical (unpaired) electrons. The van der Waals surface area contributed by atoms with E-state index in [1.807, 2.05) is 66.1 Å². The number of aromatic nitrogens is 4. The van der Waals surface area contributed by atoms with Gasteiger partial charge in [-0.1, -0.05) is 62.3 Å². The van der Waals surface area contributed by atoms with Gasteiger partial charge in [0.1, 0.15) is 0 Å². The van der Waals surface area contributed by atoms with Gasteiger partial charge in [-0.3, -0.25) is 14.3 Å². The normalized spacial score (nSPS) is 11.4. The zero-order valence-corrected chi connectivity index (χ0v) is 21.1. The number of hydrogen-bond acceptors (Lipinski definition) is 5. The van der Waals surface area contributed by atoms with Crippen molar-refractivity contribution in [2.24, 2.45) is 0 Å². The Labute approximate surface area is 208 Å². The Morgan fingerprint density at radius 1 is 1.03 bits per heavy atom. The van der Waals surface area contributed by atoms with Gasteiger partial charge in [0.05, 0.1) is 11.4 Å². The van der Waals surface area contributed by atoms with Crippen LogP contribution in [-0.4, -0.2) is 31.4 Å². The van der Waals surface area contributed by atoms with Crippen LogP contribution in [0.3, 0.4) is 0 Å². The fraction of sp³-hybridized carbons (Fsp3) is 0.231. The van der Waals surface area contributed by atoms with Gasteiger partial charge >= 0.3 is 0 Å². The minimum atomic E-state index is -0.115. The van der Waals surface area contributed by atoms with E-state index in [-0.39, 0.29) is 17.1 Å². The molecule has 174 valence electrons. The molecule has 34 heavy (non-hydrogen) atoms. The summed E-state index contributed by atoms with van der Waals surface area (Å²) in [7, 11) is 0. The van der Waals surface area contributed by atoms with E-state index in [1.54, 1.807) is 12.4 Å². The maximum Gasteiger partial charge on any atom is 0.234 e. The lowest BCUT2D eigenvalue weighted by atomic mass is 9.87. The molecular formula is C26H26ClN5OS. The van der Waals surface area contributed by atoms with Crippen LogP contribution in [0.2, 0.25) is 5.02 Å². The molecular weight excluding hydrogens is 466 g/mol. The molecule has 8 heteroatoms. The van der Waals surface area contributed by atoms with E-state index in [0.717, 1.165) is 22.5 Å². The van der Waals surface area contributed by atoms with Crippen LogP contribution in [0.4, 0.5) is 5.69 Å². The average Bonchev–Trinajstić information content (AvgIpc) is 3.23. The first kappa shape index (κ1) is 24.0. The predicted molar refractivity (Wildman–Crippen MR) is 139 cm³/mol. The molecule has 4 aromatic rings. The monoisotopic (exact) mass is 491 g/mol. The molecule has 0 saturated heterocycles. The molecule has 0 bridgehead atoms. The minimum Gasteiger partial charge on any atom is -0.325 e. The predicted octanol–water partition coefficient (Wildman–Crippen LogP) is 6.32. The molecule has 2 heterocycles. The van der Waals surface area contributed by atoms with Gasteiger partial charge in [0.2, 0.25) is 5.91 Å². The molecule has 0 fully saturated rings. The van der Waals surface area contributed by atoms with Gasteiger partial charge in [-0.2, -0.15) is 0 Å². The third kappa shape index (κ3) is 5.32. The van der Waals surface area contributed by atoms with Gasteiger partial charge in [-0.15, -0.1) is 10.2 Å². The number of carbonyl (C=O) groups is 1. The SMILES string of the molecule is Cc1c(Cl)cccc1-n1c(SCC(=O)Nc2ccc(C(C)(C)C)cc2)nnc1-c1ccncc1. The third-order valence-corrected chi connectivity index (χ3v) is 6.76. The van der Waals surface area contributed by atoms with E-state index >= 15 is 0 Å². The molecule has 0 spiro atoms. The number of amides is 1. The topological polar surface area (TPSA) is 72.7 Å². The number of carbonyl (C=O) groups excluding carboxylic acids is 1. The Kier molecular flexibility index (Phi) is 7.05. The summed E-state index contributed by atoms with van der Waals surface area (Å²) in [6.07, 6.45) is 3.43. The summed E-state index contributed by atoms with van der Waals surface area (Å²) in [6.45, 7) is 8.44. The fourth-order valence-electron chi connectivity index (χ4n) is 3.49. The summed E-state index contributed by atoms with van der Waals surface area (Å²) in [5.74, 6) is 0.736. The van der Waals surface area contributed by atoms with E-state index in [1.165, 1.54) is 17.3 Å². The fourth-order valence-corrected chi connectivity index (χ4v) is 4.40. The first-order valence-electron chi connectivity index (χ1n) is 10.9.